The number of aryl methyl sites for hydroxylation is 2. The third-order valence-electron chi connectivity index (χ3n) is 4.63. The van der Waals surface area contributed by atoms with Gasteiger partial charge in [0, 0.05) is 13.6 Å². The minimum Gasteiger partial charge on any atom is -0.508 e. The van der Waals surface area contributed by atoms with E-state index in [0.29, 0.717) is 5.75 Å². The molecule has 0 heterocycles. The van der Waals surface area contributed by atoms with E-state index in [4.69, 9.17) is 4.74 Å². The smallest absolute Gasteiger partial charge is 0.209 e. The molecule has 0 bridgehead atoms. The third-order valence-corrected chi connectivity index (χ3v) is 4.63. The lowest BCUT2D eigenvalue weighted by Crippen LogP contribution is -2.16. The van der Waals surface area contributed by atoms with E-state index < -0.39 is 0 Å². The van der Waals surface area contributed by atoms with Crippen LogP contribution in [0.1, 0.15) is 83.3 Å². The Morgan fingerprint density at radius 2 is 1.48 bits per heavy atom. The molecule has 0 aliphatic rings. The Kier molecular flexibility index (Phi) is 15.4. The van der Waals surface area contributed by atoms with Crippen molar-refractivity contribution in [3.63, 3.8) is 0 Å². The van der Waals surface area contributed by atoms with Gasteiger partial charge in [-0.15, -0.1) is 0 Å². The van der Waals surface area contributed by atoms with Gasteiger partial charge in [0.15, 0.2) is 0 Å². The van der Waals surface area contributed by atoms with Gasteiger partial charge in [-0.2, -0.15) is 0 Å². The first-order valence-electron chi connectivity index (χ1n) is 10.6. The molecule has 0 aliphatic carbocycles. The Bertz CT molecular complexity index is 503. The number of amides is 1. The lowest BCUT2D eigenvalue weighted by Gasteiger charge is -2.12. The zero-order valence-electron chi connectivity index (χ0n) is 18.2. The van der Waals surface area contributed by atoms with Crippen LogP contribution < -0.4 is 4.74 Å². The summed E-state index contributed by atoms with van der Waals surface area (Å²) in [5.74, 6) is 1.36. The van der Waals surface area contributed by atoms with Crippen LogP contribution in [0.15, 0.2) is 12.1 Å². The van der Waals surface area contributed by atoms with E-state index in [1.54, 1.807) is 19.1 Å². The van der Waals surface area contributed by atoms with Gasteiger partial charge in [-0.1, -0.05) is 52.9 Å². The van der Waals surface area contributed by atoms with E-state index in [2.05, 4.69) is 20.8 Å². The first-order valence-corrected chi connectivity index (χ1v) is 10.6. The molecule has 0 radical (unpaired) electrons. The van der Waals surface area contributed by atoms with Gasteiger partial charge in [0.25, 0.3) is 0 Å². The molecule has 0 aromatic heterocycles. The van der Waals surface area contributed by atoms with Crippen molar-refractivity contribution in [2.24, 2.45) is 0 Å². The second-order valence-corrected chi connectivity index (χ2v) is 7.15. The van der Waals surface area contributed by atoms with Crippen molar-refractivity contribution in [3.8, 4) is 11.5 Å². The third kappa shape index (κ3) is 11.6. The Morgan fingerprint density at radius 1 is 0.926 bits per heavy atom. The number of phenolic OH excluding ortho intramolecular Hbond substituents is 1. The fraction of sp³-hybridized carbons (Fsp3) is 0.696. The number of methoxy groups -OCH3 is 1. The van der Waals surface area contributed by atoms with Crippen LogP contribution in [0.2, 0.25) is 0 Å². The van der Waals surface area contributed by atoms with Crippen molar-refractivity contribution in [3.05, 3.63) is 23.3 Å². The number of hydrogen-bond donors (Lipinski definition) is 1. The number of carbonyl (C=O) groups excluding carboxylic acids is 1. The predicted octanol–water partition coefficient (Wildman–Crippen LogP) is 5.74. The van der Waals surface area contributed by atoms with Gasteiger partial charge < -0.3 is 14.7 Å². The number of phenols is 1. The minimum atomic E-state index is 0.434. The summed E-state index contributed by atoms with van der Waals surface area (Å²) in [7, 11) is 3.51. The quantitative estimate of drug-likeness (QED) is 0.351. The normalized spacial score (nSPS) is 10.1. The fourth-order valence-corrected chi connectivity index (χ4v) is 2.83. The molecule has 0 fully saturated rings. The monoisotopic (exact) mass is 379 g/mol. The van der Waals surface area contributed by atoms with Crippen LogP contribution >= 0.6 is 0 Å². The molecule has 4 heteroatoms. The summed E-state index contributed by atoms with van der Waals surface area (Å²) < 4.78 is 5.47. The van der Waals surface area contributed by atoms with E-state index >= 15 is 0 Å². The second-order valence-electron chi connectivity index (χ2n) is 7.15. The Morgan fingerprint density at radius 3 is 1.96 bits per heavy atom. The highest BCUT2D eigenvalue weighted by Gasteiger charge is 2.09. The minimum absolute atomic E-state index is 0.434. The Balaban J connectivity index is 0.000000713. The summed E-state index contributed by atoms with van der Waals surface area (Å²) in [5, 5.41) is 10.1. The summed E-state index contributed by atoms with van der Waals surface area (Å²) >= 11 is 0. The van der Waals surface area contributed by atoms with Crippen molar-refractivity contribution in [1.82, 2.24) is 4.90 Å². The molecule has 0 spiro atoms. The maximum absolute atomic E-state index is 10.1. The summed E-state index contributed by atoms with van der Waals surface area (Å²) in [6, 6.07) is 3.92. The number of carbonyl (C=O) groups is 1. The number of ether oxygens (including phenoxy) is 1. The summed E-state index contributed by atoms with van der Waals surface area (Å²) in [6.07, 6.45) is 12.2. The number of aromatic hydroxyl groups is 1. The number of unbranched alkanes of at least 4 members (excludes halogenated alkanes) is 5. The maximum atomic E-state index is 10.1. The zero-order chi connectivity index (χ0) is 20.5. The molecule has 0 saturated heterocycles. The Labute approximate surface area is 166 Å². The summed E-state index contributed by atoms with van der Waals surface area (Å²) in [5.41, 5.74) is 2.15. The van der Waals surface area contributed by atoms with Gasteiger partial charge in [0.2, 0.25) is 6.41 Å². The van der Waals surface area contributed by atoms with E-state index in [1.807, 2.05) is 12.1 Å². The van der Waals surface area contributed by atoms with E-state index in [-0.39, 0.29) is 0 Å². The van der Waals surface area contributed by atoms with Gasteiger partial charge in [-0.05, 0) is 55.4 Å². The molecule has 1 amide bonds. The molecule has 0 aliphatic heterocycles. The molecule has 4 nitrogen and oxygen atoms in total. The second kappa shape index (κ2) is 16.5. The number of hydrogen-bond acceptors (Lipinski definition) is 3. The first-order chi connectivity index (χ1) is 13.0. The van der Waals surface area contributed by atoms with Crippen molar-refractivity contribution in [1.29, 1.82) is 0 Å². The van der Waals surface area contributed by atoms with Crippen LogP contribution in [0.3, 0.4) is 0 Å². The van der Waals surface area contributed by atoms with Crippen LogP contribution in [-0.2, 0) is 17.6 Å². The Hall–Kier alpha value is -1.71. The van der Waals surface area contributed by atoms with Crippen molar-refractivity contribution >= 4 is 6.41 Å². The van der Waals surface area contributed by atoms with Crippen LogP contribution in [-0.4, -0.2) is 37.1 Å². The highest BCUT2D eigenvalue weighted by molar-refractivity contribution is 5.46. The van der Waals surface area contributed by atoms with Gasteiger partial charge >= 0.3 is 0 Å². The van der Waals surface area contributed by atoms with Crippen molar-refractivity contribution < 1.29 is 14.6 Å². The molecule has 27 heavy (non-hydrogen) atoms. The molecule has 1 N–H and O–H groups in total. The van der Waals surface area contributed by atoms with Crippen LogP contribution in [0.5, 0.6) is 11.5 Å². The molecule has 0 atom stereocenters. The highest BCUT2D eigenvalue weighted by Crippen LogP contribution is 2.30. The maximum Gasteiger partial charge on any atom is 0.209 e. The van der Waals surface area contributed by atoms with Crippen molar-refractivity contribution in [2.45, 2.75) is 85.0 Å². The average molecular weight is 380 g/mol. The van der Waals surface area contributed by atoms with E-state index in [9.17, 15) is 9.90 Å². The molecule has 1 rings (SSSR count). The molecule has 0 saturated carbocycles. The fourth-order valence-electron chi connectivity index (χ4n) is 2.83. The van der Waals surface area contributed by atoms with Gasteiger partial charge in [0.1, 0.15) is 11.5 Å². The molecule has 156 valence electrons. The largest absolute Gasteiger partial charge is 0.508 e. The molecule has 1 aromatic rings. The summed E-state index contributed by atoms with van der Waals surface area (Å²) in [6.45, 7) is 7.39. The highest BCUT2D eigenvalue weighted by atomic mass is 16.5. The summed E-state index contributed by atoms with van der Waals surface area (Å²) in [4.78, 5) is 11.6. The first kappa shape index (κ1) is 25.3. The van der Waals surface area contributed by atoms with E-state index in [1.165, 1.54) is 25.7 Å². The molecule has 1 aromatic carbocycles. The van der Waals surface area contributed by atoms with Gasteiger partial charge in [-0.3, -0.25) is 4.79 Å². The van der Waals surface area contributed by atoms with Crippen LogP contribution in [0.25, 0.3) is 0 Å². The van der Waals surface area contributed by atoms with Crippen LogP contribution in [0.4, 0.5) is 0 Å². The topological polar surface area (TPSA) is 49.8 Å². The molecule has 0 unspecified atom stereocenters. The lowest BCUT2D eigenvalue weighted by molar-refractivity contribution is -0.117. The van der Waals surface area contributed by atoms with Gasteiger partial charge in [0.05, 0.1) is 7.11 Å². The van der Waals surface area contributed by atoms with Crippen molar-refractivity contribution in [2.75, 3.05) is 20.7 Å². The molecular formula is C23H41NO3. The molecular weight excluding hydrogens is 338 g/mol. The predicted molar refractivity (Wildman–Crippen MR) is 115 cm³/mol. The zero-order valence-corrected chi connectivity index (χ0v) is 18.2. The number of benzene rings is 1. The number of nitrogens with zero attached hydrogens (tertiary/aromatic N) is 1. The standard InChI is InChI=1S/C17H28O2.C6H13NO/c1-4-6-8-10-14-13-17(19-3)15(12-16(14)18)11-9-7-5-2;1-3-4-5-7(2)6-8/h12-13,18H,4-11H2,1-3H3;6H,3-5H2,1-2H3. The van der Waals surface area contributed by atoms with Crippen LogP contribution in [0, 0.1) is 0 Å². The van der Waals surface area contributed by atoms with Gasteiger partial charge in [-0.25, -0.2) is 0 Å². The SMILES string of the molecule is CCCCCc1cc(OC)c(CCCCC)cc1O.CCCCN(C)C=O. The lowest BCUT2D eigenvalue weighted by atomic mass is 10.00. The number of rotatable bonds is 13. The van der Waals surface area contributed by atoms with E-state index in [0.717, 1.165) is 68.4 Å². The average Bonchev–Trinajstić information content (AvgIpc) is 2.68.